The zero-order chi connectivity index (χ0) is 13.4. The SMILES string of the molecule is CSCC(C)n1c(N)nc2cnc3ccccc3c21. The van der Waals surface area contributed by atoms with Crippen molar-refractivity contribution in [2.45, 2.75) is 13.0 Å². The van der Waals surface area contributed by atoms with E-state index in [0.717, 1.165) is 27.7 Å². The molecule has 2 aromatic heterocycles. The van der Waals surface area contributed by atoms with Crippen LogP contribution in [0.3, 0.4) is 0 Å². The second-order valence-corrected chi connectivity index (χ2v) is 5.56. The summed E-state index contributed by atoms with van der Waals surface area (Å²) in [5.41, 5.74) is 9.02. The van der Waals surface area contributed by atoms with Gasteiger partial charge in [0.05, 0.1) is 17.2 Å². The Bertz CT molecular complexity index is 735. The molecule has 5 heteroatoms. The summed E-state index contributed by atoms with van der Waals surface area (Å²) in [6.45, 7) is 2.17. The summed E-state index contributed by atoms with van der Waals surface area (Å²) in [6, 6.07) is 8.42. The fraction of sp³-hybridized carbons (Fsp3) is 0.286. The lowest BCUT2D eigenvalue weighted by molar-refractivity contribution is 0.638. The minimum atomic E-state index is 0.311. The van der Waals surface area contributed by atoms with E-state index in [4.69, 9.17) is 5.73 Å². The van der Waals surface area contributed by atoms with Gasteiger partial charge in [-0.25, -0.2) is 4.98 Å². The Labute approximate surface area is 116 Å². The van der Waals surface area contributed by atoms with Crippen molar-refractivity contribution < 1.29 is 0 Å². The van der Waals surface area contributed by atoms with E-state index in [2.05, 4.69) is 33.8 Å². The van der Waals surface area contributed by atoms with Gasteiger partial charge in [-0.2, -0.15) is 11.8 Å². The Hall–Kier alpha value is -1.75. The second kappa shape index (κ2) is 4.74. The number of rotatable bonds is 3. The van der Waals surface area contributed by atoms with Crippen molar-refractivity contribution in [3.63, 3.8) is 0 Å². The lowest BCUT2D eigenvalue weighted by Crippen LogP contribution is -2.11. The number of para-hydroxylation sites is 1. The average molecular weight is 272 g/mol. The van der Waals surface area contributed by atoms with Crippen LogP contribution in [0.1, 0.15) is 13.0 Å². The highest BCUT2D eigenvalue weighted by Gasteiger charge is 2.16. The van der Waals surface area contributed by atoms with E-state index in [0.29, 0.717) is 12.0 Å². The number of imidazole rings is 1. The molecule has 0 saturated carbocycles. The van der Waals surface area contributed by atoms with Crippen LogP contribution in [0, 0.1) is 0 Å². The largest absolute Gasteiger partial charge is 0.369 e. The van der Waals surface area contributed by atoms with Gasteiger partial charge in [0.25, 0.3) is 0 Å². The quantitative estimate of drug-likeness (QED) is 0.796. The lowest BCUT2D eigenvalue weighted by Gasteiger charge is -2.15. The third-order valence-electron chi connectivity index (χ3n) is 3.30. The highest BCUT2D eigenvalue weighted by atomic mass is 32.2. The maximum Gasteiger partial charge on any atom is 0.201 e. The van der Waals surface area contributed by atoms with Crippen molar-refractivity contribution in [1.82, 2.24) is 14.5 Å². The van der Waals surface area contributed by atoms with Crippen LogP contribution in [0.15, 0.2) is 30.5 Å². The summed E-state index contributed by atoms with van der Waals surface area (Å²) >= 11 is 1.81. The van der Waals surface area contributed by atoms with Crippen molar-refractivity contribution in [2.75, 3.05) is 17.7 Å². The number of nitrogens with two attached hydrogens (primary N) is 1. The fourth-order valence-corrected chi connectivity index (χ4v) is 3.14. The van der Waals surface area contributed by atoms with Gasteiger partial charge in [-0.05, 0) is 19.2 Å². The Kier molecular flexibility index (Phi) is 3.06. The molecule has 98 valence electrons. The average Bonchev–Trinajstić information content (AvgIpc) is 2.75. The highest BCUT2D eigenvalue weighted by molar-refractivity contribution is 7.98. The molecule has 3 rings (SSSR count). The first kappa shape index (κ1) is 12.3. The summed E-state index contributed by atoms with van der Waals surface area (Å²) in [5, 5.41) is 1.11. The van der Waals surface area contributed by atoms with Crippen LogP contribution in [0.5, 0.6) is 0 Å². The van der Waals surface area contributed by atoms with Crippen LogP contribution in [0.4, 0.5) is 5.95 Å². The minimum Gasteiger partial charge on any atom is -0.369 e. The molecule has 2 N–H and O–H groups in total. The Morgan fingerprint density at radius 2 is 2.11 bits per heavy atom. The molecular weight excluding hydrogens is 256 g/mol. The molecule has 1 atom stereocenters. The number of hydrogen-bond donors (Lipinski definition) is 1. The molecule has 0 aliphatic heterocycles. The van der Waals surface area contributed by atoms with E-state index in [1.54, 1.807) is 6.20 Å². The lowest BCUT2D eigenvalue weighted by atomic mass is 10.2. The van der Waals surface area contributed by atoms with E-state index >= 15 is 0 Å². The molecule has 1 unspecified atom stereocenters. The molecule has 0 radical (unpaired) electrons. The van der Waals surface area contributed by atoms with E-state index in [9.17, 15) is 0 Å². The van der Waals surface area contributed by atoms with Crippen LogP contribution in [-0.2, 0) is 0 Å². The highest BCUT2D eigenvalue weighted by Crippen LogP contribution is 2.29. The van der Waals surface area contributed by atoms with Gasteiger partial charge in [0.15, 0.2) is 0 Å². The van der Waals surface area contributed by atoms with E-state index in [1.165, 1.54) is 0 Å². The molecule has 0 saturated heterocycles. The maximum absolute atomic E-state index is 6.09. The molecule has 19 heavy (non-hydrogen) atoms. The molecule has 0 bridgehead atoms. The van der Waals surface area contributed by atoms with Gasteiger partial charge in [0.2, 0.25) is 5.95 Å². The minimum absolute atomic E-state index is 0.311. The zero-order valence-electron chi connectivity index (χ0n) is 11.0. The van der Waals surface area contributed by atoms with Gasteiger partial charge in [0, 0.05) is 17.2 Å². The summed E-state index contributed by atoms with van der Waals surface area (Å²) < 4.78 is 2.12. The molecule has 1 aromatic carbocycles. The smallest absolute Gasteiger partial charge is 0.201 e. The van der Waals surface area contributed by atoms with Gasteiger partial charge in [-0.15, -0.1) is 0 Å². The monoisotopic (exact) mass is 272 g/mol. The van der Waals surface area contributed by atoms with Crippen molar-refractivity contribution >= 4 is 39.6 Å². The summed E-state index contributed by atoms with van der Waals surface area (Å²) in [6.07, 6.45) is 3.90. The van der Waals surface area contributed by atoms with Crippen molar-refractivity contribution in [3.05, 3.63) is 30.5 Å². The van der Waals surface area contributed by atoms with Crippen molar-refractivity contribution in [2.24, 2.45) is 0 Å². The molecule has 0 aliphatic rings. The number of thioether (sulfide) groups is 1. The number of nitrogen functional groups attached to an aromatic ring is 1. The number of fused-ring (bicyclic) bond motifs is 3. The van der Waals surface area contributed by atoms with Gasteiger partial charge < -0.3 is 10.3 Å². The molecule has 0 fully saturated rings. The molecule has 0 aliphatic carbocycles. The Morgan fingerprint density at radius 3 is 2.89 bits per heavy atom. The third kappa shape index (κ3) is 1.94. The van der Waals surface area contributed by atoms with Gasteiger partial charge in [-0.1, -0.05) is 18.2 Å². The number of hydrogen-bond acceptors (Lipinski definition) is 4. The third-order valence-corrected chi connectivity index (χ3v) is 4.11. The van der Waals surface area contributed by atoms with Crippen LogP contribution >= 0.6 is 11.8 Å². The maximum atomic E-state index is 6.09. The van der Waals surface area contributed by atoms with Crippen LogP contribution in [0.2, 0.25) is 0 Å². The molecule has 4 nitrogen and oxygen atoms in total. The first-order valence-electron chi connectivity index (χ1n) is 6.22. The van der Waals surface area contributed by atoms with E-state index in [-0.39, 0.29) is 0 Å². The van der Waals surface area contributed by atoms with Crippen LogP contribution < -0.4 is 5.73 Å². The number of nitrogens with zero attached hydrogens (tertiary/aromatic N) is 3. The molecule has 3 aromatic rings. The first-order chi connectivity index (χ1) is 9.22. The molecule has 2 heterocycles. The Balaban J connectivity index is 2.36. The number of aromatic nitrogens is 3. The van der Waals surface area contributed by atoms with Gasteiger partial charge in [-0.3, -0.25) is 4.98 Å². The van der Waals surface area contributed by atoms with E-state index < -0.39 is 0 Å². The van der Waals surface area contributed by atoms with Crippen molar-refractivity contribution in [3.8, 4) is 0 Å². The standard InChI is InChI=1S/C14H16N4S/c1-9(8-19-2)18-13-10-5-3-4-6-11(10)16-7-12(13)17-14(18)15/h3-7,9H,8H2,1-2H3,(H2,15,17). The van der Waals surface area contributed by atoms with Gasteiger partial charge in [0.1, 0.15) is 5.52 Å². The topological polar surface area (TPSA) is 56.7 Å². The summed E-state index contributed by atoms with van der Waals surface area (Å²) in [7, 11) is 0. The Morgan fingerprint density at radius 1 is 1.32 bits per heavy atom. The summed E-state index contributed by atoms with van der Waals surface area (Å²) in [5.74, 6) is 1.57. The van der Waals surface area contributed by atoms with Crippen molar-refractivity contribution in [1.29, 1.82) is 0 Å². The number of pyridine rings is 1. The molecular formula is C14H16N4S. The van der Waals surface area contributed by atoms with E-state index in [1.807, 2.05) is 30.0 Å². The van der Waals surface area contributed by atoms with Crippen LogP contribution in [-0.4, -0.2) is 26.5 Å². The predicted molar refractivity (Wildman–Crippen MR) is 82.5 cm³/mol. The summed E-state index contributed by atoms with van der Waals surface area (Å²) in [4.78, 5) is 8.87. The fourth-order valence-electron chi connectivity index (χ4n) is 2.51. The van der Waals surface area contributed by atoms with Gasteiger partial charge >= 0.3 is 0 Å². The molecule has 0 amide bonds. The number of benzene rings is 1. The second-order valence-electron chi connectivity index (χ2n) is 4.65. The zero-order valence-corrected chi connectivity index (χ0v) is 11.8. The van der Waals surface area contributed by atoms with Crippen LogP contribution in [0.25, 0.3) is 21.9 Å². The number of anilines is 1. The first-order valence-corrected chi connectivity index (χ1v) is 7.62. The molecule has 0 spiro atoms. The normalized spacial score (nSPS) is 13.2. The predicted octanol–water partition coefficient (Wildman–Crippen LogP) is 3.09.